The van der Waals surface area contributed by atoms with Crippen LogP contribution in [-0.2, 0) is 13.0 Å². The Bertz CT molecular complexity index is 630. The van der Waals surface area contributed by atoms with Crippen LogP contribution in [0.25, 0.3) is 11.4 Å². The Kier molecular flexibility index (Phi) is 5.63. The molecule has 1 fully saturated rings. The zero-order valence-corrected chi connectivity index (χ0v) is 14.6. The molecule has 24 heavy (non-hydrogen) atoms. The van der Waals surface area contributed by atoms with Gasteiger partial charge in [0.15, 0.2) is 0 Å². The first-order valence-corrected chi connectivity index (χ1v) is 8.92. The minimum atomic E-state index is 0.320. The second-order valence-electron chi connectivity index (χ2n) is 6.83. The smallest absolute Gasteiger partial charge is 0.241 e. The fourth-order valence-corrected chi connectivity index (χ4v) is 3.44. The standard InChI is InChI=1S/C19H27N3O2/c1-3-14-4-8-16(9-5-14)19-20-18(24-21-19)12-22(2)17-10-6-15(13-23)7-11-17/h4-5,8-9,15,17,23H,3,6-7,10-13H2,1-2H3. The summed E-state index contributed by atoms with van der Waals surface area (Å²) in [4.78, 5) is 6.84. The molecule has 130 valence electrons. The first-order valence-electron chi connectivity index (χ1n) is 8.92. The Morgan fingerprint density at radius 1 is 1.17 bits per heavy atom. The van der Waals surface area contributed by atoms with Crippen LogP contribution in [0.5, 0.6) is 0 Å². The van der Waals surface area contributed by atoms with E-state index in [4.69, 9.17) is 4.52 Å². The summed E-state index contributed by atoms with van der Waals surface area (Å²) < 4.78 is 5.44. The van der Waals surface area contributed by atoms with Crippen molar-refractivity contribution in [2.45, 2.75) is 51.6 Å². The van der Waals surface area contributed by atoms with E-state index >= 15 is 0 Å². The minimum Gasteiger partial charge on any atom is -0.396 e. The van der Waals surface area contributed by atoms with Crippen LogP contribution >= 0.6 is 0 Å². The molecule has 0 amide bonds. The molecule has 0 atom stereocenters. The lowest BCUT2D eigenvalue weighted by molar-refractivity contribution is 0.116. The third-order valence-corrected chi connectivity index (χ3v) is 5.17. The topological polar surface area (TPSA) is 62.4 Å². The fraction of sp³-hybridized carbons (Fsp3) is 0.579. The van der Waals surface area contributed by atoms with Gasteiger partial charge in [-0.05, 0) is 50.6 Å². The van der Waals surface area contributed by atoms with Crippen LogP contribution in [0.1, 0.15) is 44.1 Å². The van der Waals surface area contributed by atoms with Crippen molar-refractivity contribution in [3.8, 4) is 11.4 Å². The summed E-state index contributed by atoms with van der Waals surface area (Å²) in [6.07, 6.45) is 5.48. The number of aromatic nitrogens is 2. The van der Waals surface area contributed by atoms with Gasteiger partial charge in [0.25, 0.3) is 0 Å². The van der Waals surface area contributed by atoms with Gasteiger partial charge >= 0.3 is 0 Å². The lowest BCUT2D eigenvalue weighted by atomic mass is 9.86. The van der Waals surface area contributed by atoms with Gasteiger partial charge < -0.3 is 9.63 Å². The molecule has 3 rings (SSSR count). The summed E-state index contributed by atoms with van der Waals surface area (Å²) in [5.41, 5.74) is 2.30. The Morgan fingerprint density at radius 2 is 1.88 bits per heavy atom. The van der Waals surface area contributed by atoms with Crippen molar-refractivity contribution in [3.05, 3.63) is 35.7 Å². The quantitative estimate of drug-likeness (QED) is 0.881. The average Bonchev–Trinajstić information content (AvgIpc) is 3.10. The SMILES string of the molecule is CCc1ccc(-c2noc(CN(C)C3CCC(CO)CC3)n2)cc1. The Morgan fingerprint density at radius 3 is 2.50 bits per heavy atom. The zero-order chi connectivity index (χ0) is 16.9. The van der Waals surface area contributed by atoms with Gasteiger partial charge in [-0.2, -0.15) is 4.98 Å². The largest absolute Gasteiger partial charge is 0.396 e. The number of rotatable bonds is 6. The molecule has 0 bridgehead atoms. The van der Waals surface area contributed by atoms with Crippen LogP contribution < -0.4 is 0 Å². The van der Waals surface area contributed by atoms with Crippen LogP contribution in [0.3, 0.4) is 0 Å². The van der Waals surface area contributed by atoms with Crippen LogP contribution in [0.15, 0.2) is 28.8 Å². The molecular weight excluding hydrogens is 302 g/mol. The van der Waals surface area contributed by atoms with Crippen molar-refractivity contribution in [2.75, 3.05) is 13.7 Å². The van der Waals surface area contributed by atoms with Crippen molar-refractivity contribution in [1.82, 2.24) is 15.0 Å². The highest BCUT2D eigenvalue weighted by Crippen LogP contribution is 2.27. The Labute approximate surface area is 143 Å². The molecule has 5 heteroatoms. The second kappa shape index (κ2) is 7.90. The number of nitrogens with zero attached hydrogens (tertiary/aromatic N) is 3. The van der Waals surface area contributed by atoms with Crippen molar-refractivity contribution >= 4 is 0 Å². The van der Waals surface area contributed by atoms with Gasteiger partial charge in [0.05, 0.1) is 6.54 Å². The van der Waals surface area contributed by atoms with E-state index in [0.717, 1.165) is 37.7 Å². The lowest BCUT2D eigenvalue weighted by Gasteiger charge is -2.33. The molecule has 1 aliphatic carbocycles. The Balaban J connectivity index is 1.59. The summed E-state index contributed by atoms with van der Waals surface area (Å²) in [6, 6.07) is 8.85. The highest BCUT2D eigenvalue weighted by molar-refractivity contribution is 5.54. The van der Waals surface area contributed by atoms with Crippen LogP contribution in [0.2, 0.25) is 0 Å². The van der Waals surface area contributed by atoms with E-state index in [9.17, 15) is 5.11 Å². The fourth-order valence-electron chi connectivity index (χ4n) is 3.44. The van der Waals surface area contributed by atoms with Gasteiger partial charge in [-0.15, -0.1) is 0 Å². The molecule has 0 unspecified atom stereocenters. The Hall–Kier alpha value is -1.72. The predicted octanol–water partition coefficient (Wildman–Crippen LogP) is 3.28. The zero-order valence-electron chi connectivity index (χ0n) is 14.6. The van der Waals surface area contributed by atoms with E-state index in [2.05, 4.69) is 41.1 Å². The number of aliphatic hydroxyl groups excluding tert-OH is 1. The maximum absolute atomic E-state index is 9.25. The first kappa shape index (κ1) is 17.1. The molecule has 0 saturated heterocycles. The monoisotopic (exact) mass is 329 g/mol. The van der Waals surface area contributed by atoms with E-state index in [1.165, 1.54) is 5.56 Å². The molecule has 1 heterocycles. The van der Waals surface area contributed by atoms with Gasteiger partial charge in [0.1, 0.15) is 0 Å². The molecule has 1 N–H and O–H groups in total. The molecule has 1 saturated carbocycles. The van der Waals surface area contributed by atoms with Crippen LogP contribution in [0.4, 0.5) is 0 Å². The molecule has 0 spiro atoms. The van der Waals surface area contributed by atoms with Crippen LogP contribution in [0, 0.1) is 5.92 Å². The van der Waals surface area contributed by atoms with Gasteiger partial charge in [0, 0.05) is 18.2 Å². The molecule has 2 aromatic rings. The molecule has 5 nitrogen and oxygen atoms in total. The molecular formula is C19H27N3O2. The van der Waals surface area contributed by atoms with E-state index in [1.807, 2.05) is 12.1 Å². The van der Waals surface area contributed by atoms with Crippen molar-refractivity contribution in [1.29, 1.82) is 0 Å². The number of benzene rings is 1. The van der Waals surface area contributed by atoms with Gasteiger partial charge in [-0.25, -0.2) is 0 Å². The number of aliphatic hydroxyl groups is 1. The predicted molar refractivity (Wildman–Crippen MR) is 93.4 cm³/mol. The van der Waals surface area contributed by atoms with Crippen molar-refractivity contribution < 1.29 is 9.63 Å². The minimum absolute atomic E-state index is 0.320. The number of aryl methyl sites for hydroxylation is 1. The molecule has 1 aromatic carbocycles. The summed E-state index contributed by atoms with van der Waals surface area (Å²) in [5.74, 6) is 1.80. The third-order valence-electron chi connectivity index (χ3n) is 5.17. The van der Waals surface area contributed by atoms with Gasteiger partial charge in [0.2, 0.25) is 11.7 Å². The second-order valence-corrected chi connectivity index (χ2v) is 6.83. The maximum Gasteiger partial charge on any atom is 0.241 e. The van der Waals surface area contributed by atoms with Crippen molar-refractivity contribution in [3.63, 3.8) is 0 Å². The summed E-state index contributed by atoms with van der Waals surface area (Å²) >= 11 is 0. The van der Waals surface area contributed by atoms with E-state index in [0.29, 0.717) is 36.8 Å². The van der Waals surface area contributed by atoms with E-state index < -0.39 is 0 Å². The summed E-state index contributed by atoms with van der Waals surface area (Å²) in [7, 11) is 2.11. The molecule has 1 aromatic heterocycles. The van der Waals surface area contributed by atoms with Gasteiger partial charge in [-0.3, -0.25) is 4.90 Å². The third kappa shape index (κ3) is 4.02. The highest BCUT2D eigenvalue weighted by Gasteiger charge is 2.24. The molecule has 0 radical (unpaired) electrons. The molecule has 0 aliphatic heterocycles. The summed E-state index contributed by atoms with van der Waals surface area (Å²) in [5, 5.41) is 13.4. The van der Waals surface area contributed by atoms with Crippen molar-refractivity contribution in [2.24, 2.45) is 5.92 Å². The molecule has 1 aliphatic rings. The number of hydrogen-bond acceptors (Lipinski definition) is 5. The number of hydrogen-bond donors (Lipinski definition) is 1. The summed E-state index contributed by atoms with van der Waals surface area (Å²) in [6.45, 7) is 3.14. The lowest BCUT2D eigenvalue weighted by Crippen LogP contribution is -2.35. The maximum atomic E-state index is 9.25. The highest BCUT2D eigenvalue weighted by atomic mass is 16.5. The van der Waals surface area contributed by atoms with E-state index in [1.54, 1.807) is 0 Å². The first-order chi connectivity index (χ1) is 11.7. The van der Waals surface area contributed by atoms with Crippen LogP contribution in [-0.4, -0.2) is 39.8 Å². The van der Waals surface area contributed by atoms with Gasteiger partial charge in [-0.1, -0.05) is 36.3 Å². The van der Waals surface area contributed by atoms with E-state index in [-0.39, 0.29) is 0 Å². The average molecular weight is 329 g/mol. The normalized spacial score (nSPS) is 21.3.